The summed E-state index contributed by atoms with van der Waals surface area (Å²) >= 11 is 0. The fourth-order valence-electron chi connectivity index (χ4n) is 5.86. The van der Waals surface area contributed by atoms with E-state index in [1.807, 2.05) is 80.6 Å². The summed E-state index contributed by atoms with van der Waals surface area (Å²) in [6.07, 6.45) is 0. The van der Waals surface area contributed by atoms with E-state index in [-0.39, 0.29) is 5.56 Å². The van der Waals surface area contributed by atoms with Crippen molar-refractivity contribution in [2.24, 2.45) is 0 Å². The second kappa shape index (κ2) is 11.0. The van der Waals surface area contributed by atoms with Gasteiger partial charge in [-0.3, -0.25) is 0 Å². The summed E-state index contributed by atoms with van der Waals surface area (Å²) in [6, 6.07) is 38.3. The van der Waals surface area contributed by atoms with E-state index >= 15 is 0 Å². The van der Waals surface area contributed by atoms with Crippen LogP contribution in [-0.2, 0) is 0 Å². The van der Waals surface area contributed by atoms with Gasteiger partial charge in [0.05, 0.1) is 5.56 Å². The van der Waals surface area contributed by atoms with Crippen molar-refractivity contribution >= 4 is 32.3 Å². The lowest BCUT2D eigenvalue weighted by molar-refractivity contribution is 0.330. The zero-order valence-electron chi connectivity index (χ0n) is 23.7. The lowest BCUT2D eigenvalue weighted by atomic mass is 9.84. The van der Waals surface area contributed by atoms with Crippen LogP contribution in [0, 0.1) is 0 Å². The van der Waals surface area contributed by atoms with Gasteiger partial charge in [-0.1, -0.05) is 117 Å². The Kier molecular flexibility index (Phi) is 7.00. The molecule has 212 valence electrons. The fraction of sp³-hybridized carbons (Fsp3) is 0.0526. The SMILES string of the molecule is CC.Oc1c(O)c(O)c(-c2ccc3c(-c4ccc5ccccc5c4)c4ccccc4c(-c4ccccc4)c3c2)c(O)c1O. The third kappa shape index (κ3) is 4.43. The molecule has 7 rings (SSSR count). The van der Waals surface area contributed by atoms with Gasteiger partial charge in [0.25, 0.3) is 0 Å². The van der Waals surface area contributed by atoms with Crippen molar-refractivity contribution in [1.29, 1.82) is 0 Å². The summed E-state index contributed by atoms with van der Waals surface area (Å²) in [5.41, 5.74) is 4.21. The van der Waals surface area contributed by atoms with Crippen LogP contribution in [0.15, 0.2) is 115 Å². The number of phenolic OH excluding ortho intramolecular Hbond substituents is 5. The molecule has 7 aromatic rings. The van der Waals surface area contributed by atoms with Crippen LogP contribution in [0.5, 0.6) is 28.7 Å². The second-order valence-corrected chi connectivity index (χ2v) is 10.1. The molecule has 0 amide bonds. The minimum Gasteiger partial charge on any atom is -0.504 e. The van der Waals surface area contributed by atoms with Gasteiger partial charge < -0.3 is 25.5 Å². The number of aromatic hydroxyl groups is 5. The van der Waals surface area contributed by atoms with E-state index in [1.54, 1.807) is 6.07 Å². The Morgan fingerprint density at radius 2 is 0.791 bits per heavy atom. The maximum absolute atomic E-state index is 10.7. The molecule has 0 fully saturated rings. The van der Waals surface area contributed by atoms with E-state index in [9.17, 15) is 25.5 Å². The molecule has 7 aromatic carbocycles. The molecular weight excluding hydrogens is 536 g/mol. The summed E-state index contributed by atoms with van der Waals surface area (Å²) in [4.78, 5) is 0. The Morgan fingerprint density at radius 1 is 0.326 bits per heavy atom. The van der Waals surface area contributed by atoms with Gasteiger partial charge in [0.15, 0.2) is 11.5 Å². The van der Waals surface area contributed by atoms with Gasteiger partial charge in [0.1, 0.15) is 0 Å². The van der Waals surface area contributed by atoms with Gasteiger partial charge in [0, 0.05) is 0 Å². The molecule has 0 aliphatic rings. The Morgan fingerprint density at radius 3 is 1.44 bits per heavy atom. The van der Waals surface area contributed by atoms with Crippen LogP contribution in [0.1, 0.15) is 13.8 Å². The summed E-state index contributed by atoms with van der Waals surface area (Å²) in [7, 11) is 0. The van der Waals surface area contributed by atoms with Crippen LogP contribution in [-0.4, -0.2) is 25.5 Å². The Labute approximate surface area is 248 Å². The molecule has 5 heteroatoms. The Bertz CT molecular complexity index is 2120. The quantitative estimate of drug-likeness (QED) is 0.0833. The van der Waals surface area contributed by atoms with Gasteiger partial charge in [-0.05, 0) is 72.3 Å². The summed E-state index contributed by atoms with van der Waals surface area (Å²) in [6.45, 7) is 4.00. The Hall–Kier alpha value is -5.68. The third-order valence-electron chi connectivity index (χ3n) is 7.78. The van der Waals surface area contributed by atoms with Crippen LogP contribution < -0.4 is 0 Å². The van der Waals surface area contributed by atoms with E-state index in [0.717, 1.165) is 54.6 Å². The maximum Gasteiger partial charge on any atom is 0.208 e. The topological polar surface area (TPSA) is 101 Å². The van der Waals surface area contributed by atoms with Crippen molar-refractivity contribution in [2.45, 2.75) is 13.8 Å². The van der Waals surface area contributed by atoms with Crippen LogP contribution >= 0.6 is 0 Å². The van der Waals surface area contributed by atoms with Crippen LogP contribution in [0.4, 0.5) is 0 Å². The van der Waals surface area contributed by atoms with Crippen molar-refractivity contribution in [3.8, 4) is 62.1 Å². The first-order valence-corrected chi connectivity index (χ1v) is 14.2. The fourth-order valence-corrected chi connectivity index (χ4v) is 5.86. The largest absolute Gasteiger partial charge is 0.504 e. The molecule has 0 aliphatic carbocycles. The van der Waals surface area contributed by atoms with Crippen molar-refractivity contribution in [2.75, 3.05) is 0 Å². The lowest BCUT2D eigenvalue weighted by Crippen LogP contribution is -1.92. The van der Waals surface area contributed by atoms with E-state index in [1.165, 1.54) is 0 Å². The molecule has 0 aromatic heterocycles. The first-order valence-electron chi connectivity index (χ1n) is 14.2. The van der Waals surface area contributed by atoms with Gasteiger partial charge >= 0.3 is 0 Å². The summed E-state index contributed by atoms with van der Waals surface area (Å²) < 4.78 is 0. The minimum atomic E-state index is -0.987. The summed E-state index contributed by atoms with van der Waals surface area (Å²) in [5.74, 6) is -4.26. The van der Waals surface area contributed by atoms with Crippen LogP contribution in [0.3, 0.4) is 0 Å². The average Bonchev–Trinajstić information content (AvgIpc) is 3.06. The normalized spacial score (nSPS) is 11.0. The molecule has 43 heavy (non-hydrogen) atoms. The number of phenols is 5. The van der Waals surface area contributed by atoms with E-state index < -0.39 is 28.7 Å². The van der Waals surface area contributed by atoms with Gasteiger partial charge in [-0.15, -0.1) is 0 Å². The molecule has 5 nitrogen and oxygen atoms in total. The van der Waals surface area contributed by atoms with Crippen molar-refractivity contribution in [3.05, 3.63) is 115 Å². The molecule has 0 unspecified atom stereocenters. The highest BCUT2D eigenvalue weighted by molar-refractivity contribution is 6.22. The lowest BCUT2D eigenvalue weighted by Gasteiger charge is -2.19. The van der Waals surface area contributed by atoms with Crippen molar-refractivity contribution in [3.63, 3.8) is 0 Å². The predicted molar refractivity (Wildman–Crippen MR) is 175 cm³/mol. The standard InChI is InChI=1S/C36H24O5.C2H6/c37-32-31(33(38)35(40)36(41)34(32)39)24-16-17-27-28(19-24)29(21-9-2-1-3-10-21)25-12-6-7-13-26(25)30(27)23-15-14-20-8-4-5-11-22(20)18-23;1-2/h1-19,37-41H;1-2H3. The molecule has 5 N–H and O–H groups in total. The molecule has 0 radical (unpaired) electrons. The van der Waals surface area contributed by atoms with Crippen molar-refractivity contribution < 1.29 is 25.5 Å². The number of rotatable bonds is 3. The molecule has 0 heterocycles. The van der Waals surface area contributed by atoms with Gasteiger partial charge in [0.2, 0.25) is 17.2 Å². The monoisotopic (exact) mass is 566 g/mol. The Balaban J connectivity index is 0.00000161. The first-order chi connectivity index (χ1) is 20.9. The van der Waals surface area contributed by atoms with E-state index in [0.29, 0.717) is 5.56 Å². The van der Waals surface area contributed by atoms with E-state index in [2.05, 4.69) is 42.5 Å². The third-order valence-corrected chi connectivity index (χ3v) is 7.78. The smallest absolute Gasteiger partial charge is 0.208 e. The first kappa shape index (κ1) is 27.5. The minimum absolute atomic E-state index is 0.181. The van der Waals surface area contributed by atoms with Gasteiger partial charge in [-0.25, -0.2) is 0 Å². The molecule has 0 aliphatic heterocycles. The summed E-state index contributed by atoms with van der Waals surface area (Å²) in [5, 5.41) is 58.0. The number of fused-ring (bicyclic) bond motifs is 3. The second-order valence-electron chi connectivity index (χ2n) is 10.1. The molecule has 0 saturated carbocycles. The highest BCUT2D eigenvalue weighted by Crippen LogP contribution is 2.55. The average molecular weight is 567 g/mol. The predicted octanol–water partition coefficient (Wildman–Crippen LogP) is 9.70. The zero-order chi connectivity index (χ0) is 30.2. The highest BCUT2D eigenvalue weighted by atomic mass is 16.4. The molecule has 0 saturated heterocycles. The molecule has 0 bridgehead atoms. The molecular formula is C38H30O5. The van der Waals surface area contributed by atoms with Crippen LogP contribution in [0.2, 0.25) is 0 Å². The van der Waals surface area contributed by atoms with Crippen LogP contribution in [0.25, 0.3) is 65.7 Å². The number of hydrogen-bond acceptors (Lipinski definition) is 5. The zero-order valence-corrected chi connectivity index (χ0v) is 23.7. The van der Waals surface area contributed by atoms with Gasteiger partial charge in [-0.2, -0.15) is 0 Å². The molecule has 0 spiro atoms. The number of benzene rings is 7. The highest BCUT2D eigenvalue weighted by Gasteiger charge is 2.25. The van der Waals surface area contributed by atoms with Crippen molar-refractivity contribution in [1.82, 2.24) is 0 Å². The molecule has 0 atom stereocenters. The maximum atomic E-state index is 10.7. The van der Waals surface area contributed by atoms with E-state index in [4.69, 9.17) is 0 Å². The number of hydrogen-bond donors (Lipinski definition) is 5.